The van der Waals surface area contributed by atoms with E-state index in [-0.39, 0.29) is 12.8 Å². The van der Waals surface area contributed by atoms with Crippen molar-refractivity contribution in [1.29, 1.82) is 0 Å². The molecule has 0 aromatic rings. The van der Waals surface area contributed by atoms with Crippen molar-refractivity contribution in [2.24, 2.45) is 0 Å². The van der Waals surface area contributed by atoms with E-state index in [1.165, 1.54) is 0 Å². The van der Waals surface area contributed by atoms with Crippen LogP contribution >= 0.6 is 0 Å². The molecule has 0 spiro atoms. The number of hydrogen-bond donors (Lipinski definition) is 0. The Labute approximate surface area is 50.8 Å². The van der Waals surface area contributed by atoms with Crippen molar-refractivity contribution in [3.63, 3.8) is 0 Å². The van der Waals surface area contributed by atoms with Crippen molar-refractivity contribution in [2.75, 3.05) is 6.61 Å². The zero-order chi connectivity index (χ0) is 6.91. The second kappa shape index (κ2) is 1.93. The summed E-state index contributed by atoms with van der Waals surface area (Å²) in [5.74, 6) is -3.31. The molecule has 1 aliphatic heterocycles. The van der Waals surface area contributed by atoms with Gasteiger partial charge in [0.25, 0.3) is 5.92 Å². The number of ether oxygens (including phenoxy) is 1. The highest BCUT2D eigenvalue weighted by Gasteiger charge is 2.35. The standard InChI is InChI=1S/C5H6F2O2/c6-5(7)2-1-4(8)9-3-5/h1-3H2. The van der Waals surface area contributed by atoms with Gasteiger partial charge in [0.05, 0.1) is 6.42 Å². The zero-order valence-electron chi connectivity index (χ0n) is 4.69. The quantitative estimate of drug-likeness (QED) is 0.463. The number of halogens is 2. The Morgan fingerprint density at radius 3 is 2.56 bits per heavy atom. The minimum Gasteiger partial charge on any atom is -0.459 e. The fourth-order valence-electron chi connectivity index (χ4n) is 0.615. The van der Waals surface area contributed by atoms with Gasteiger partial charge < -0.3 is 4.74 Å². The summed E-state index contributed by atoms with van der Waals surface area (Å²) in [6.45, 7) is -0.744. The Kier molecular flexibility index (Phi) is 1.38. The second-order valence-electron chi connectivity index (χ2n) is 2.02. The summed E-state index contributed by atoms with van der Waals surface area (Å²) >= 11 is 0. The van der Waals surface area contributed by atoms with Crippen LogP contribution in [-0.2, 0) is 9.53 Å². The van der Waals surface area contributed by atoms with Gasteiger partial charge in [-0.15, -0.1) is 0 Å². The molecule has 2 nitrogen and oxygen atoms in total. The van der Waals surface area contributed by atoms with Gasteiger partial charge >= 0.3 is 5.97 Å². The summed E-state index contributed by atoms with van der Waals surface area (Å²) in [6, 6.07) is 0. The topological polar surface area (TPSA) is 26.3 Å². The van der Waals surface area contributed by atoms with Gasteiger partial charge in [0, 0.05) is 6.42 Å². The predicted octanol–water partition coefficient (Wildman–Crippen LogP) is 0.959. The first kappa shape index (κ1) is 6.45. The molecule has 0 saturated carbocycles. The van der Waals surface area contributed by atoms with Crippen LogP contribution in [0.5, 0.6) is 0 Å². The maximum atomic E-state index is 12.1. The number of hydrogen-bond acceptors (Lipinski definition) is 2. The molecule has 1 rings (SSSR count). The fraction of sp³-hybridized carbons (Fsp3) is 0.800. The average molecular weight is 136 g/mol. The highest BCUT2D eigenvalue weighted by molar-refractivity contribution is 5.70. The summed E-state index contributed by atoms with van der Waals surface area (Å²) in [6.07, 6.45) is -0.529. The van der Waals surface area contributed by atoms with E-state index in [2.05, 4.69) is 4.74 Å². The van der Waals surface area contributed by atoms with Crippen molar-refractivity contribution >= 4 is 5.97 Å². The lowest BCUT2D eigenvalue weighted by atomic mass is 10.1. The molecule has 0 aromatic carbocycles. The molecule has 1 aliphatic rings. The van der Waals surface area contributed by atoms with Crippen molar-refractivity contribution < 1.29 is 18.3 Å². The second-order valence-corrected chi connectivity index (χ2v) is 2.02. The van der Waals surface area contributed by atoms with Gasteiger partial charge in [-0.3, -0.25) is 4.79 Å². The van der Waals surface area contributed by atoms with Crippen LogP contribution in [0.3, 0.4) is 0 Å². The molecule has 9 heavy (non-hydrogen) atoms. The van der Waals surface area contributed by atoms with Gasteiger partial charge in [0.1, 0.15) is 0 Å². The average Bonchev–Trinajstić information content (AvgIpc) is 1.78. The van der Waals surface area contributed by atoms with E-state index < -0.39 is 18.5 Å². The number of cyclic esters (lactones) is 1. The Morgan fingerprint density at radius 1 is 1.56 bits per heavy atom. The Bertz CT molecular complexity index is 121. The third-order valence-corrected chi connectivity index (χ3v) is 1.14. The molecular weight excluding hydrogens is 130 g/mol. The largest absolute Gasteiger partial charge is 0.459 e. The molecule has 0 amide bonds. The van der Waals surface area contributed by atoms with Crippen molar-refractivity contribution in [1.82, 2.24) is 0 Å². The van der Waals surface area contributed by atoms with Gasteiger partial charge in [-0.1, -0.05) is 0 Å². The van der Waals surface area contributed by atoms with Crippen LogP contribution in [0.1, 0.15) is 12.8 Å². The van der Waals surface area contributed by atoms with Crippen LogP contribution in [0.2, 0.25) is 0 Å². The van der Waals surface area contributed by atoms with E-state index in [0.29, 0.717) is 0 Å². The SMILES string of the molecule is O=C1CCC(F)(F)CO1. The summed E-state index contributed by atoms with van der Waals surface area (Å²) in [5.41, 5.74) is 0. The molecule has 0 N–H and O–H groups in total. The number of carbonyl (C=O) groups is 1. The minimum atomic E-state index is -2.78. The van der Waals surface area contributed by atoms with Crippen LogP contribution in [0.4, 0.5) is 8.78 Å². The van der Waals surface area contributed by atoms with E-state index in [1.54, 1.807) is 0 Å². The number of rotatable bonds is 0. The van der Waals surface area contributed by atoms with Crippen molar-refractivity contribution in [3.05, 3.63) is 0 Å². The first-order valence-electron chi connectivity index (χ1n) is 2.64. The minimum absolute atomic E-state index is 0.160. The molecule has 1 fully saturated rings. The highest BCUT2D eigenvalue weighted by atomic mass is 19.3. The van der Waals surface area contributed by atoms with Crippen LogP contribution < -0.4 is 0 Å². The summed E-state index contributed by atoms with van der Waals surface area (Å²) in [5, 5.41) is 0. The molecular formula is C5H6F2O2. The monoisotopic (exact) mass is 136 g/mol. The molecule has 1 heterocycles. The van der Waals surface area contributed by atoms with E-state index >= 15 is 0 Å². The molecule has 4 heteroatoms. The fourth-order valence-corrected chi connectivity index (χ4v) is 0.615. The van der Waals surface area contributed by atoms with Gasteiger partial charge in [-0.05, 0) is 0 Å². The summed E-state index contributed by atoms with van der Waals surface area (Å²) in [7, 11) is 0. The smallest absolute Gasteiger partial charge is 0.306 e. The molecule has 0 bridgehead atoms. The first-order chi connectivity index (χ1) is 4.10. The number of esters is 1. The van der Waals surface area contributed by atoms with Crippen LogP contribution in [0.25, 0.3) is 0 Å². The maximum absolute atomic E-state index is 12.1. The molecule has 52 valence electrons. The summed E-state index contributed by atoms with van der Waals surface area (Å²) in [4.78, 5) is 10.2. The van der Waals surface area contributed by atoms with E-state index in [0.717, 1.165) is 0 Å². The Hall–Kier alpha value is -0.670. The van der Waals surface area contributed by atoms with Crippen molar-refractivity contribution in [3.8, 4) is 0 Å². The van der Waals surface area contributed by atoms with Gasteiger partial charge in [-0.2, -0.15) is 0 Å². The van der Waals surface area contributed by atoms with E-state index in [9.17, 15) is 13.6 Å². The molecule has 0 atom stereocenters. The summed E-state index contributed by atoms with van der Waals surface area (Å²) < 4.78 is 28.3. The Balaban J connectivity index is 2.44. The number of carbonyl (C=O) groups excluding carboxylic acids is 1. The predicted molar refractivity (Wildman–Crippen MR) is 25.1 cm³/mol. The zero-order valence-corrected chi connectivity index (χ0v) is 4.69. The third-order valence-electron chi connectivity index (χ3n) is 1.14. The van der Waals surface area contributed by atoms with Gasteiger partial charge in [-0.25, -0.2) is 8.78 Å². The lowest BCUT2D eigenvalue weighted by molar-refractivity contribution is -0.168. The van der Waals surface area contributed by atoms with Crippen molar-refractivity contribution in [2.45, 2.75) is 18.8 Å². The van der Waals surface area contributed by atoms with Crippen LogP contribution in [0.15, 0.2) is 0 Å². The molecule has 1 saturated heterocycles. The van der Waals surface area contributed by atoms with E-state index in [4.69, 9.17) is 0 Å². The van der Waals surface area contributed by atoms with Gasteiger partial charge in [0.15, 0.2) is 6.61 Å². The van der Waals surface area contributed by atoms with Gasteiger partial charge in [0.2, 0.25) is 0 Å². The molecule has 0 aliphatic carbocycles. The van der Waals surface area contributed by atoms with Crippen LogP contribution in [0, 0.1) is 0 Å². The highest BCUT2D eigenvalue weighted by Crippen LogP contribution is 2.24. The van der Waals surface area contributed by atoms with Crippen LogP contribution in [-0.4, -0.2) is 18.5 Å². The Morgan fingerprint density at radius 2 is 2.22 bits per heavy atom. The number of alkyl halides is 2. The third kappa shape index (κ3) is 1.62. The first-order valence-corrected chi connectivity index (χ1v) is 2.64. The maximum Gasteiger partial charge on any atom is 0.306 e. The van der Waals surface area contributed by atoms with E-state index in [1.807, 2.05) is 0 Å². The lowest BCUT2D eigenvalue weighted by Gasteiger charge is -2.20. The normalized spacial score (nSPS) is 25.3. The molecule has 0 unspecified atom stereocenters. The molecule has 0 aromatic heterocycles. The molecule has 0 radical (unpaired) electrons. The lowest BCUT2D eigenvalue weighted by Crippen LogP contribution is -2.31.